The van der Waals surface area contributed by atoms with Gasteiger partial charge in [0.05, 0.1) is 12.2 Å². The minimum atomic E-state index is -0.597. The lowest BCUT2D eigenvalue weighted by Crippen LogP contribution is -2.47. The summed E-state index contributed by atoms with van der Waals surface area (Å²) in [5.74, 6) is -0.459. The topological polar surface area (TPSA) is 84.5 Å². The number of ether oxygens (including phenoxy) is 1. The second-order valence-corrected chi connectivity index (χ2v) is 7.82. The van der Waals surface area contributed by atoms with Crippen molar-refractivity contribution in [2.75, 3.05) is 11.9 Å². The summed E-state index contributed by atoms with van der Waals surface area (Å²) in [5.41, 5.74) is 0.891. The number of anilines is 1. The molecule has 1 aromatic carbocycles. The van der Waals surface area contributed by atoms with Crippen LogP contribution in [0.1, 0.15) is 69.7 Å². The highest BCUT2D eigenvalue weighted by Gasteiger charge is 2.27. The fraction of sp³-hybridized carbons (Fsp3) is 0.591. The van der Waals surface area contributed by atoms with Crippen LogP contribution in [0.15, 0.2) is 24.3 Å². The lowest BCUT2D eigenvalue weighted by atomic mass is 9.88. The number of carbonyl (C=O) groups excluding carboxylic acids is 3. The maximum atomic E-state index is 12.8. The van der Waals surface area contributed by atoms with Gasteiger partial charge in [0.25, 0.3) is 0 Å². The Bertz CT molecular complexity index is 681. The Hall–Kier alpha value is -2.37. The van der Waals surface area contributed by atoms with Crippen LogP contribution in [0.4, 0.5) is 5.69 Å². The molecule has 1 aliphatic rings. The molecule has 0 aromatic heterocycles. The van der Waals surface area contributed by atoms with Crippen LogP contribution in [0.25, 0.3) is 0 Å². The summed E-state index contributed by atoms with van der Waals surface area (Å²) >= 11 is 0. The van der Waals surface area contributed by atoms with Crippen molar-refractivity contribution in [2.24, 2.45) is 11.8 Å². The van der Waals surface area contributed by atoms with E-state index in [1.165, 1.54) is 6.42 Å². The Morgan fingerprint density at radius 3 is 2.50 bits per heavy atom. The maximum absolute atomic E-state index is 12.8. The SMILES string of the molecule is CCOC(=O)c1cccc(NC(=O)C(CC(C)C)NC(=O)C2CCCCC2)c1. The number of hydrogen-bond acceptors (Lipinski definition) is 4. The molecule has 2 amide bonds. The normalized spacial score (nSPS) is 15.7. The van der Waals surface area contributed by atoms with Gasteiger partial charge >= 0.3 is 5.97 Å². The number of rotatable bonds is 8. The van der Waals surface area contributed by atoms with Crippen molar-refractivity contribution < 1.29 is 19.1 Å². The van der Waals surface area contributed by atoms with Crippen LogP contribution >= 0.6 is 0 Å². The molecule has 0 saturated heterocycles. The van der Waals surface area contributed by atoms with Crippen molar-refractivity contribution in [2.45, 2.75) is 65.3 Å². The lowest BCUT2D eigenvalue weighted by molar-refractivity contribution is -0.130. The van der Waals surface area contributed by atoms with Crippen molar-refractivity contribution in [3.63, 3.8) is 0 Å². The Morgan fingerprint density at radius 2 is 1.86 bits per heavy atom. The molecule has 2 rings (SSSR count). The predicted molar refractivity (Wildman–Crippen MR) is 109 cm³/mol. The van der Waals surface area contributed by atoms with Gasteiger partial charge in [-0.05, 0) is 50.3 Å². The average Bonchev–Trinajstić information content (AvgIpc) is 2.68. The third kappa shape index (κ3) is 6.66. The van der Waals surface area contributed by atoms with Crippen LogP contribution in [0, 0.1) is 11.8 Å². The van der Waals surface area contributed by atoms with Gasteiger partial charge in [0, 0.05) is 11.6 Å². The third-order valence-corrected chi connectivity index (χ3v) is 4.96. The predicted octanol–water partition coefficient (Wildman–Crippen LogP) is 3.91. The second-order valence-electron chi connectivity index (χ2n) is 7.82. The van der Waals surface area contributed by atoms with Gasteiger partial charge in [0.1, 0.15) is 6.04 Å². The first-order valence-electron chi connectivity index (χ1n) is 10.3. The number of nitrogens with one attached hydrogen (secondary N) is 2. The summed E-state index contributed by atoms with van der Waals surface area (Å²) in [4.78, 5) is 37.3. The maximum Gasteiger partial charge on any atom is 0.338 e. The number of carbonyl (C=O) groups is 3. The van der Waals surface area contributed by atoms with E-state index >= 15 is 0 Å². The number of amides is 2. The van der Waals surface area contributed by atoms with Gasteiger partial charge in [-0.3, -0.25) is 9.59 Å². The number of hydrogen-bond donors (Lipinski definition) is 2. The summed E-state index contributed by atoms with van der Waals surface area (Å²) in [6, 6.07) is 6.05. The molecular formula is C22H32N2O4. The highest BCUT2D eigenvalue weighted by Crippen LogP contribution is 2.24. The zero-order chi connectivity index (χ0) is 20.5. The monoisotopic (exact) mass is 388 g/mol. The molecule has 1 aliphatic carbocycles. The molecular weight excluding hydrogens is 356 g/mol. The van der Waals surface area contributed by atoms with E-state index in [4.69, 9.17) is 4.74 Å². The molecule has 1 fully saturated rings. The van der Waals surface area contributed by atoms with E-state index < -0.39 is 12.0 Å². The van der Waals surface area contributed by atoms with Crippen LogP contribution in [-0.4, -0.2) is 30.4 Å². The zero-order valence-corrected chi connectivity index (χ0v) is 17.1. The summed E-state index contributed by atoms with van der Waals surface area (Å²) in [6.45, 7) is 6.08. The highest BCUT2D eigenvalue weighted by molar-refractivity contribution is 5.98. The largest absolute Gasteiger partial charge is 0.462 e. The van der Waals surface area contributed by atoms with Gasteiger partial charge in [-0.2, -0.15) is 0 Å². The van der Waals surface area contributed by atoms with Crippen LogP contribution in [0.5, 0.6) is 0 Å². The van der Waals surface area contributed by atoms with Gasteiger partial charge in [-0.25, -0.2) is 4.79 Å². The van der Waals surface area contributed by atoms with E-state index in [1.54, 1.807) is 31.2 Å². The van der Waals surface area contributed by atoms with E-state index in [9.17, 15) is 14.4 Å². The Kier molecular flexibility index (Phi) is 8.48. The minimum Gasteiger partial charge on any atom is -0.462 e. The first kappa shape index (κ1) is 21.9. The zero-order valence-electron chi connectivity index (χ0n) is 17.1. The molecule has 1 unspecified atom stereocenters. The molecule has 6 nitrogen and oxygen atoms in total. The van der Waals surface area contributed by atoms with Crippen molar-refractivity contribution >= 4 is 23.5 Å². The second kappa shape index (κ2) is 10.8. The van der Waals surface area contributed by atoms with Gasteiger partial charge in [0.15, 0.2) is 0 Å². The van der Waals surface area contributed by atoms with Gasteiger partial charge < -0.3 is 15.4 Å². The highest BCUT2D eigenvalue weighted by atomic mass is 16.5. The summed E-state index contributed by atoms with van der Waals surface area (Å²) in [5, 5.41) is 5.78. The standard InChI is InChI=1S/C22H32N2O4/c1-4-28-22(27)17-11-8-12-18(14-17)23-21(26)19(13-15(2)3)24-20(25)16-9-6-5-7-10-16/h8,11-12,14-16,19H,4-7,9-10,13H2,1-3H3,(H,23,26)(H,24,25). The first-order chi connectivity index (χ1) is 13.4. The van der Waals surface area contributed by atoms with Crippen molar-refractivity contribution in [1.29, 1.82) is 0 Å². The van der Waals surface area contributed by atoms with Gasteiger partial charge in [-0.1, -0.05) is 39.2 Å². The number of benzene rings is 1. The van der Waals surface area contributed by atoms with Crippen LogP contribution in [0.2, 0.25) is 0 Å². The molecule has 0 heterocycles. The Labute approximate surface area is 167 Å². The third-order valence-electron chi connectivity index (χ3n) is 4.96. The molecule has 1 atom stereocenters. The van der Waals surface area contributed by atoms with Crippen molar-refractivity contribution in [3.8, 4) is 0 Å². The summed E-state index contributed by atoms with van der Waals surface area (Å²) in [6.07, 6.45) is 5.66. The Morgan fingerprint density at radius 1 is 1.14 bits per heavy atom. The van der Waals surface area contributed by atoms with E-state index in [0.29, 0.717) is 24.3 Å². The quantitative estimate of drug-likeness (QED) is 0.661. The summed E-state index contributed by atoms with van der Waals surface area (Å²) in [7, 11) is 0. The van der Waals surface area contributed by atoms with E-state index in [1.807, 2.05) is 13.8 Å². The molecule has 1 aromatic rings. The van der Waals surface area contributed by atoms with Crippen LogP contribution in [0.3, 0.4) is 0 Å². The van der Waals surface area contributed by atoms with E-state index in [2.05, 4.69) is 10.6 Å². The van der Waals surface area contributed by atoms with Crippen LogP contribution in [-0.2, 0) is 14.3 Å². The molecule has 154 valence electrons. The van der Waals surface area contributed by atoms with E-state index in [0.717, 1.165) is 25.7 Å². The molecule has 0 spiro atoms. The summed E-state index contributed by atoms with van der Waals surface area (Å²) < 4.78 is 5.00. The molecule has 6 heteroatoms. The molecule has 1 saturated carbocycles. The van der Waals surface area contributed by atoms with Gasteiger partial charge in [0.2, 0.25) is 11.8 Å². The first-order valence-corrected chi connectivity index (χ1v) is 10.3. The average molecular weight is 389 g/mol. The van der Waals surface area contributed by atoms with E-state index in [-0.39, 0.29) is 23.7 Å². The molecule has 0 aliphatic heterocycles. The molecule has 0 bridgehead atoms. The smallest absolute Gasteiger partial charge is 0.338 e. The minimum absolute atomic E-state index is 0.00311. The van der Waals surface area contributed by atoms with Crippen LogP contribution < -0.4 is 10.6 Å². The van der Waals surface area contributed by atoms with Crippen molar-refractivity contribution in [3.05, 3.63) is 29.8 Å². The fourth-order valence-corrected chi connectivity index (χ4v) is 3.52. The number of esters is 1. The Balaban J connectivity index is 2.05. The van der Waals surface area contributed by atoms with Crippen molar-refractivity contribution in [1.82, 2.24) is 5.32 Å². The molecule has 0 radical (unpaired) electrons. The fourth-order valence-electron chi connectivity index (χ4n) is 3.52. The molecule has 28 heavy (non-hydrogen) atoms. The molecule has 2 N–H and O–H groups in total. The lowest BCUT2D eigenvalue weighted by Gasteiger charge is -2.25. The van der Waals surface area contributed by atoms with Gasteiger partial charge in [-0.15, -0.1) is 0 Å².